The Morgan fingerprint density at radius 2 is 1.80 bits per heavy atom. The van der Waals surface area contributed by atoms with Gasteiger partial charge in [-0.15, -0.1) is 0 Å². The van der Waals surface area contributed by atoms with Gasteiger partial charge in [0.2, 0.25) is 5.91 Å². The van der Waals surface area contributed by atoms with Gasteiger partial charge >= 0.3 is 0 Å². The number of hydrogen-bond donors (Lipinski definition) is 3. The maximum atomic E-state index is 12.0. The highest BCUT2D eigenvalue weighted by Gasteiger charge is 2.29. The number of benzene rings is 2. The van der Waals surface area contributed by atoms with Crippen molar-refractivity contribution >= 4 is 35.0 Å². The number of amides is 3. The first kappa shape index (κ1) is 16.8. The van der Waals surface area contributed by atoms with Crippen LogP contribution in [-0.2, 0) is 9.59 Å². The second-order valence-corrected chi connectivity index (χ2v) is 5.74. The van der Waals surface area contributed by atoms with E-state index in [2.05, 4.69) is 16.2 Å². The molecule has 7 nitrogen and oxygen atoms in total. The average molecular weight is 360 g/mol. The normalized spacial score (nSPS) is 15.4. The maximum absolute atomic E-state index is 12.0. The van der Waals surface area contributed by atoms with Gasteiger partial charge in [-0.2, -0.15) is 0 Å². The van der Waals surface area contributed by atoms with Gasteiger partial charge in [0.15, 0.2) is 6.10 Å². The average Bonchev–Trinajstić information content (AvgIpc) is 2.61. The van der Waals surface area contributed by atoms with Crippen molar-refractivity contribution in [2.75, 3.05) is 5.32 Å². The summed E-state index contributed by atoms with van der Waals surface area (Å²) in [7, 11) is 0. The van der Waals surface area contributed by atoms with Gasteiger partial charge in [0, 0.05) is 10.6 Å². The molecule has 0 saturated heterocycles. The number of nitrogens with one attached hydrogen (secondary N) is 3. The Hall–Kier alpha value is -3.06. The van der Waals surface area contributed by atoms with Crippen LogP contribution in [0.25, 0.3) is 0 Å². The van der Waals surface area contributed by atoms with Gasteiger partial charge in [-0.3, -0.25) is 25.2 Å². The molecule has 3 amide bonds. The molecule has 3 rings (SSSR count). The SMILES string of the molecule is O=C(C[C@H]1Oc2ccccc2NC1=O)NNC(=O)c1ccc(Cl)cc1. The van der Waals surface area contributed by atoms with E-state index in [-0.39, 0.29) is 6.42 Å². The Balaban J connectivity index is 1.53. The van der Waals surface area contributed by atoms with E-state index in [0.29, 0.717) is 22.0 Å². The second-order valence-electron chi connectivity index (χ2n) is 5.31. The summed E-state index contributed by atoms with van der Waals surface area (Å²) >= 11 is 5.75. The summed E-state index contributed by atoms with van der Waals surface area (Å²) < 4.78 is 5.52. The van der Waals surface area contributed by atoms with Crippen molar-refractivity contribution in [3.05, 3.63) is 59.1 Å². The molecule has 0 aromatic heterocycles. The van der Waals surface area contributed by atoms with Crippen molar-refractivity contribution in [2.24, 2.45) is 0 Å². The molecular formula is C17H14ClN3O4. The van der Waals surface area contributed by atoms with Crippen molar-refractivity contribution in [3.63, 3.8) is 0 Å². The Morgan fingerprint density at radius 3 is 2.56 bits per heavy atom. The molecule has 1 heterocycles. The van der Waals surface area contributed by atoms with E-state index in [9.17, 15) is 14.4 Å². The number of hydrazine groups is 1. The number of hydrogen-bond acceptors (Lipinski definition) is 4. The van der Waals surface area contributed by atoms with Crippen LogP contribution in [0.3, 0.4) is 0 Å². The summed E-state index contributed by atoms with van der Waals surface area (Å²) in [6, 6.07) is 13.1. The smallest absolute Gasteiger partial charge is 0.269 e. The Labute approximate surface area is 148 Å². The van der Waals surface area contributed by atoms with Crippen LogP contribution < -0.4 is 20.9 Å². The molecule has 0 spiro atoms. The number of ether oxygens (including phenoxy) is 1. The van der Waals surface area contributed by atoms with E-state index in [4.69, 9.17) is 16.3 Å². The van der Waals surface area contributed by atoms with E-state index in [1.165, 1.54) is 12.1 Å². The third-order valence-electron chi connectivity index (χ3n) is 3.50. The van der Waals surface area contributed by atoms with Crippen molar-refractivity contribution < 1.29 is 19.1 Å². The predicted molar refractivity (Wildman–Crippen MR) is 91.2 cm³/mol. The fourth-order valence-corrected chi connectivity index (χ4v) is 2.37. The van der Waals surface area contributed by atoms with Crippen LogP contribution in [0.5, 0.6) is 5.75 Å². The molecule has 128 valence electrons. The zero-order valence-electron chi connectivity index (χ0n) is 12.9. The van der Waals surface area contributed by atoms with E-state index in [0.717, 1.165) is 0 Å². The highest BCUT2D eigenvalue weighted by atomic mass is 35.5. The molecule has 8 heteroatoms. The van der Waals surface area contributed by atoms with E-state index < -0.39 is 23.8 Å². The minimum atomic E-state index is -0.970. The molecule has 0 unspecified atom stereocenters. The summed E-state index contributed by atoms with van der Waals surface area (Å²) in [5.74, 6) is -0.978. The molecule has 2 aromatic rings. The van der Waals surface area contributed by atoms with Gasteiger partial charge in [-0.1, -0.05) is 23.7 Å². The van der Waals surface area contributed by atoms with Crippen molar-refractivity contribution in [1.29, 1.82) is 0 Å². The van der Waals surface area contributed by atoms with Gasteiger partial charge in [0.25, 0.3) is 11.8 Å². The number of para-hydroxylation sites is 2. The number of rotatable bonds is 3. The van der Waals surface area contributed by atoms with E-state index in [1.54, 1.807) is 36.4 Å². The monoisotopic (exact) mass is 359 g/mol. The van der Waals surface area contributed by atoms with Crippen molar-refractivity contribution in [2.45, 2.75) is 12.5 Å². The van der Waals surface area contributed by atoms with Gasteiger partial charge in [0.1, 0.15) is 5.75 Å². The van der Waals surface area contributed by atoms with Crippen LogP contribution in [0.2, 0.25) is 5.02 Å². The lowest BCUT2D eigenvalue weighted by Gasteiger charge is -2.25. The van der Waals surface area contributed by atoms with Crippen LogP contribution in [-0.4, -0.2) is 23.8 Å². The largest absolute Gasteiger partial charge is 0.478 e. The molecule has 0 radical (unpaired) electrons. The first-order valence-corrected chi connectivity index (χ1v) is 7.82. The number of carbonyl (C=O) groups is 3. The zero-order chi connectivity index (χ0) is 17.8. The molecule has 25 heavy (non-hydrogen) atoms. The summed E-state index contributed by atoms with van der Waals surface area (Å²) in [5, 5.41) is 3.17. The molecule has 2 aromatic carbocycles. The fraction of sp³-hybridized carbons (Fsp3) is 0.118. The number of halogens is 1. The van der Waals surface area contributed by atoms with Gasteiger partial charge < -0.3 is 10.1 Å². The highest BCUT2D eigenvalue weighted by molar-refractivity contribution is 6.30. The quantitative estimate of drug-likeness (QED) is 0.729. The van der Waals surface area contributed by atoms with E-state index >= 15 is 0 Å². The number of carbonyl (C=O) groups excluding carboxylic acids is 3. The van der Waals surface area contributed by atoms with Crippen LogP contribution in [0.15, 0.2) is 48.5 Å². The minimum absolute atomic E-state index is 0.235. The van der Waals surface area contributed by atoms with E-state index in [1.807, 2.05) is 0 Å². The maximum Gasteiger partial charge on any atom is 0.269 e. The Bertz CT molecular complexity index is 823. The first-order chi connectivity index (χ1) is 12.0. The third kappa shape index (κ3) is 4.07. The van der Waals surface area contributed by atoms with Gasteiger partial charge in [-0.25, -0.2) is 0 Å². The topological polar surface area (TPSA) is 96.5 Å². The van der Waals surface area contributed by atoms with Crippen molar-refractivity contribution in [1.82, 2.24) is 10.9 Å². The lowest BCUT2D eigenvalue weighted by atomic mass is 10.1. The summed E-state index contributed by atoms with van der Waals surface area (Å²) in [5.41, 5.74) is 5.42. The molecular weight excluding hydrogens is 346 g/mol. The fourth-order valence-electron chi connectivity index (χ4n) is 2.25. The third-order valence-corrected chi connectivity index (χ3v) is 3.75. The lowest BCUT2D eigenvalue weighted by Crippen LogP contribution is -2.46. The zero-order valence-corrected chi connectivity index (χ0v) is 13.7. The molecule has 1 aliphatic rings. The molecule has 0 saturated carbocycles. The van der Waals surface area contributed by atoms with Crippen LogP contribution >= 0.6 is 11.6 Å². The highest BCUT2D eigenvalue weighted by Crippen LogP contribution is 2.29. The van der Waals surface area contributed by atoms with Gasteiger partial charge in [0.05, 0.1) is 12.1 Å². The predicted octanol–water partition coefficient (Wildman–Crippen LogP) is 1.89. The molecule has 0 aliphatic carbocycles. The molecule has 1 atom stereocenters. The lowest BCUT2D eigenvalue weighted by molar-refractivity contribution is -0.130. The summed E-state index contributed by atoms with van der Waals surface area (Å²) in [6.07, 6.45) is -1.21. The standard InChI is InChI=1S/C17H14ClN3O4/c18-11-7-5-10(6-8-11)16(23)21-20-15(22)9-14-17(24)19-12-3-1-2-4-13(12)25-14/h1-8,14H,9H2,(H,19,24)(H,20,22)(H,21,23)/t14-/m1/s1. The summed E-state index contributed by atoms with van der Waals surface area (Å²) in [6.45, 7) is 0. The Kier molecular flexibility index (Phi) is 4.85. The van der Waals surface area contributed by atoms with Gasteiger partial charge in [-0.05, 0) is 36.4 Å². The molecule has 3 N–H and O–H groups in total. The molecule has 0 bridgehead atoms. The molecule has 0 fully saturated rings. The van der Waals surface area contributed by atoms with Crippen molar-refractivity contribution in [3.8, 4) is 5.75 Å². The minimum Gasteiger partial charge on any atom is -0.478 e. The van der Waals surface area contributed by atoms with Crippen LogP contribution in [0.1, 0.15) is 16.8 Å². The number of anilines is 1. The number of fused-ring (bicyclic) bond motifs is 1. The second kappa shape index (κ2) is 7.23. The first-order valence-electron chi connectivity index (χ1n) is 7.44. The summed E-state index contributed by atoms with van der Waals surface area (Å²) in [4.78, 5) is 35.8. The molecule has 1 aliphatic heterocycles. The van der Waals surface area contributed by atoms with Crippen LogP contribution in [0, 0.1) is 0 Å². The van der Waals surface area contributed by atoms with Crippen LogP contribution in [0.4, 0.5) is 5.69 Å². The Morgan fingerprint density at radius 1 is 1.08 bits per heavy atom.